The summed E-state index contributed by atoms with van der Waals surface area (Å²) in [5.74, 6) is 1.64. The Balaban J connectivity index is 0.00000151. The lowest BCUT2D eigenvalue weighted by Crippen LogP contribution is -2.65. The molecular formula is C42H64N2O5. The van der Waals surface area contributed by atoms with Crippen LogP contribution in [-0.4, -0.2) is 34.7 Å². The number of carbonyl (C=O) groups excluding carboxylic acids is 2. The van der Waals surface area contributed by atoms with Gasteiger partial charge in [-0.05, 0) is 131 Å². The van der Waals surface area contributed by atoms with E-state index in [9.17, 15) is 19.5 Å². The van der Waals surface area contributed by atoms with Crippen LogP contribution in [0, 0.1) is 51.2 Å². The molecule has 7 heteroatoms. The van der Waals surface area contributed by atoms with Gasteiger partial charge in [-0.3, -0.25) is 9.59 Å². The number of amides is 2. The van der Waals surface area contributed by atoms with Gasteiger partial charge >= 0.3 is 18.0 Å². The van der Waals surface area contributed by atoms with Crippen LogP contribution in [0.2, 0.25) is 0 Å². The summed E-state index contributed by atoms with van der Waals surface area (Å²) in [5, 5.41) is 16.2. The molecular weight excluding hydrogens is 612 g/mol. The number of allylic oxidation sites excluding steroid dienone is 1. The number of nitrogens with one attached hydrogen (secondary N) is 2. The molecule has 0 spiro atoms. The van der Waals surface area contributed by atoms with Gasteiger partial charge in [-0.25, -0.2) is 4.79 Å². The molecule has 0 saturated heterocycles. The van der Waals surface area contributed by atoms with Crippen molar-refractivity contribution in [2.45, 2.75) is 144 Å². The summed E-state index contributed by atoms with van der Waals surface area (Å²) in [6.45, 7) is 18.7. The number of ether oxygens (including phenoxy) is 1. The molecule has 5 saturated carbocycles. The average molecular weight is 677 g/mol. The van der Waals surface area contributed by atoms with E-state index < -0.39 is 11.4 Å². The fourth-order valence-corrected chi connectivity index (χ4v) is 12.3. The van der Waals surface area contributed by atoms with Gasteiger partial charge in [0.05, 0.1) is 11.8 Å². The Morgan fingerprint density at radius 1 is 0.898 bits per heavy atom. The molecule has 0 heterocycles. The standard InChI is InChI=1S/C39H58N2O5.C3H6/c1-35(2,33(43)44)23-32(42)46-31-18-21-38(6)29(36(31,3)4)17-20-37(5)27-16-22-39(19-10-13-28(39)26(27)14-15-30(37)38)41-34(45)40-24-25-11-8-7-9-12-25;1-3-2/h7-9,11-12,26-31H,10,13-24H2,1-6H3,(H,43,44)(H2,40,41,45);3H,1H2,2H3. The van der Waals surface area contributed by atoms with E-state index in [1.165, 1.54) is 38.5 Å². The number of esters is 1. The van der Waals surface area contributed by atoms with Crippen molar-refractivity contribution < 1.29 is 24.2 Å². The summed E-state index contributed by atoms with van der Waals surface area (Å²) in [6, 6.07) is 10.1. The summed E-state index contributed by atoms with van der Waals surface area (Å²) in [6.07, 6.45) is 14.0. The zero-order valence-corrected chi connectivity index (χ0v) is 31.4. The Kier molecular flexibility index (Phi) is 10.7. The molecule has 0 aliphatic heterocycles. The molecule has 1 aromatic rings. The fourth-order valence-electron chi connectivity index (χ4n) is 12.3. The van der Waals surface area contributed by atoms with E-state index in [4.69, 9.17) is 4.74 Å². The van der Waals surface area contributed by atoms with Crippen LogP contribution in [0.4, 0.5) is 4.79 Å². The van der Waals surface area contributed by atoms with E-state index in [-0.39, 0.29) is 46.3 Å². The second-order valence-corrected chi connectivity index (χ2v) is 18.1. The fraction of sp³-hybridized carbons (Fsp3) is 0.738. The minimum Gasteiger partial charge on any atom is -0.481 e. The van der Waals surface area contributed by atoms with Crippen molar-refractivity contribution in [1.82, 2.24) is 10.6 Å². The van der Waals surface area contributed by atoms with E-state index in [0.29, 0.717) is 36.1 Å². The molecule has 0 bridgehead atoms. The van der Waals surface area contributed by atoms with Gasteiger partial charge in [0.25, 0.3) is 0 Å². The molecule has 7 nitrogen and oxygen atoms in total. The van der Waals surface area contributed by atoms with Crippen molar-refractivity contribution >= 4 is 18.0 Å². The number of hydrogen-bond acceptors (Lipinski definition) is 4. The maximum atomic E-state index is 13.2. The lowest BCUT2D eigenvalue weighted by molar-refractivity contribution is -0.219. The number of carboxylic acid groups (broad SMARTS) is 1. The lowest BCUT2D eigenvalue weighted by atomic mass is 9.36. The number of aliphatic carboxylic acids is 1. The Labute approximate surface area is 295 Å². The first-order chi connectivity index (χ1) is 23.0. The first-order valence-corrected chi connectivity index (χ1v) is 19.1. The summed E-state index contributed by atoms with van der Waals surface area (Å²) in [5.41, 5.74) is 0.209. The maximum absolute atomic E-state index is 13.2. The maximum Gasteiger partial charge on any atom is 0.315 e. The minimum absolute atomic E-state index is 0.0201. The predicted octanol–water partition coefficient (Wildman–Crippen LogP) is 9.31. The van der Waals surface area contributed by atoms with Crippen LogP contribution < -0.4 is 10.6 Å². The van der Waals surface area contributed by atoms with Crippen LogP contribution in [0.1, 0.15) is 131 Å². The predicted molar refractivity (Wildman–Crippen MR) is 195 cm³/mol. The number of carboxylic acids is 1. The molecule has 6 rings (SSSR count). The third-order valence-electron chi connectivity index (χ3n) is 14.5. The van der Waals surface area contributed by atoms with Crippen LogP contribution in [-0.2, 0) is 20.9 Å². The Morgan fingerprint density at radius 3 is 2.24 bits per heavy atom. The molecule has 9 unspecified atom stereocenters. The Hall–Kier alpha value is -2.83. The molecule has 5 aliphatic carbocycles. The van der Waals surface area contributed by atoms with Gasteiger partial charge in [0, 0.05) is 17.5 Å². The topological polar surface area (TPSA) is 105 Å². The van der Waals surface area contributed by atoms with Crippen molar-refractivity contribution in [3.8, 4) is 0 Å². The van der Waals surface area contributed by atoms with Crippen LogP contribution in [0.15, 0.2) is 43.0 Å². The van der Waals surface area contributed by atoms with Gasteiger partial charge in [0.2, 0.25) is 0 Å². The lowest BCUT2D eigenvalue weighted by Gasteiger charge is -2.69. The van der Waals surface area contributed by atoms with Crippen molar-refractivity contribution in [3.05, 3.63) is 48.6 Å². The van der Waals surface area contributed by atoms with Gasteiger partial charge in [0.15, 0.2) is 0 Å². The highest BCUT2D eigenvalue weighted by molar-refractivity contribution is 5.81. The molecule has 0 radical (unpaired) electrons. The van der Waals surface area contributed by atoms with E-state index in [1.807, 2.05) is 25.1 Å². The van der Waals surface area contributed by atoms with Crippen molar-refractivity contribution in [2.24, 2.45) is 51.2 Å². The Bertz CT molecular complexity index is 1370. The molecule has 49 heavy (non-hydrogen) atoms. The summed E-state index contributed by atoms with van der Waals surface area (Å²) >= 11 is 0. The molecule has 9 atom stereocenters. The van der Waals surface area contributed by atoms with Gasteiger partial charge in [-0.15, -0.1) is 6.58 Å². The van der Waals surface area contributed by atoms with Crippen LogP contribution in [0.3, 0.4) is 0 Å². The monoisotopic (exact) mass is 676 g/mol. The second-order valence-electron chi connectivity index (χ2n) is 18.1. The third kappa shape index (κ3) is 6.94. The van der Waals surface area contributed by atoms with E-state index in [0.717, 1.165) is 37.7 Å². The van der Waals surface area contributed by atoms with Gasteiger partial charge in [-0.2, -0.15) is 0 Å². The number of carbonyl (C=O) groups is 3. The first-order valence-electron chi connectivity index (χ1n) is 19.1. The largest absolute Gasteiger partial charge is 0.481 e. The summed E-state index contributed by atoms with van der Waals surface area (Å²) < 4.78 is 6.12. The highest BCUT2D eigenvalue weighted by Gasteiger charge is 2.66. The minimum atomic E-state index is -1.13. The molecule has 5 aliphatic rings. The van der Waals surface area contributed by atoms with Gasteiger partial charge < -0.3 is 20.5 Å². The quantitative estimate of drug-likeness (QED) is 0.197. The smallest absolute Gasteiger partial charge is 0.315 e. The molecule has 5 fully saturated rings. The highest BCUT2D eigenvalue weighted by Crippen LogP contribution is 2.72. The van der Waals surface area contributed by atoms with Crippen LogP contribution in [0.25, 0.3) is 0 Å². The van der Waals surface area contributed by atoms with Crippen molar-refractivity contribution in [3.63, 3.8) is 0 Å². The van der Waals surface area contributed by atoms with E-state index >= 15 is 0 Å². The first kappa shape index (κ1) is 37.4. The van der Waals surface area contributed by atoms with Crippen molar-refractivity contribution in [1.29, 1.82) is 0 Å². The Morgan fingerprint density at radius 2 is 1.57 bits per heavy atom. The SMILES string of the molecule is C=CC.CC(C)(CC(=O)OC1CCC2(C)C(CCC3(C)C4CCC5(NC(=O)NCc6ccccc6)CCCC5C4CCC32)C1(C)C)C(=O)O. The van der Waals surface area contributed by atoms with Crippen molar-refractivity contribution in [2.75, 3.05) is 0 Å². The number of hydrogen-bond donors (Lipinski definition) is 3. The number of benzene rings is 1. The van der Waals surface area contributed by atoms with Gasteiger partial charge in [-0.1, -0.05) is 70.5 Å². The van der Waals surface area contributed by atoms with Crippen LogP contribution in [0.5, 0.6) is 0 Å². The zero-order valence-electron chi connectivity index (χ0n) is 31.4. The number of urea groups is 1. The molecule has 1 aromatic carbocycles. The van der Waals surface area contributed by atoms with Gasteiger partial charge in [0.1, 0.15) is 6.10 Å². The number of rotatable bonds is 7. The van der Waals surface area contributed by atoms with E-state index in [1.54, 1.807) is 19.9 Å². The summed E-state index contributed by atoms with van der Waals surface area (Å²) in [4.78, 5) is 37.9. The normalized spacial score (nSPS) is 37.4. The molecule has 3 N–H and O–H groups in total. The molecule has 272 valence electrons. The third-order valence-corrected chi connectivity index (χ3v) is 14.5. The molecule has 2 amide bonds. The van der Waals surface area contributed by atoms with E-state index in [2.05, 4.69) is 57.0 Å². The second kappa shape index (κ2) is 14.1. The highest BCUT2D eigenvalue weighted by atomic mass is 16.5. The molecule has 0 aromatic heterocycles. The summed E-state index contributed by atoms with van der Waals surface area (Å²) in [7, 11) is 0. The number of fused-ring (bicyclic) bond motifs is 7. The van der Waals surface area contributed by atoms with Crippen LogP contribution >= 0.6 is 0 Å². The zero-order chi connectivity index (χ0) is 35.8. The average Bonchev–Trinajstić information content (AvgIpc) is 3.46.